The van der Waals surface area contributed by atoms with Crippen molar-refractivity contribution in [3.8, 4) is 11.8 Å². The van der Waals surface area contributed by atoms with Crippen LogP contribution in [0.25, 0.3) is 0 Å². The summed E-state index contributed by atoms with van der Waals surface area (Å²) in [5.41, 5.74) is 0.938. The minimum atomic E-state index is -0.546. The smallest absolute Gasteiger partial charge is 0.112 e. The Morgan fingerprint density at radius 1 is 1.27 bits per heavy atom. The summed E-state index contributed by atoms with van der Waals surface area (Å²) in [5.74, 6) is 5.51. The summed E-state index contributed by atoms with van der Waals surface area (Å²) >= 11 is 0. The van der Waals surface area contributed by atoms with Crippen LogP contribution in [0.3, 0.4) is 0 Å². The fourth-order valence-corrected chi connectivity index (χ4v) is 0.709. The van der Waals surface area contributed by atoms with Crippen molar-refractivity contribution in [2.45, 2.75) is 13.0 Å². The van der Waals surface area contributed by atoms with Crippen molar-refractivity contribution in [3.05, 3.63) is 35.9 Å². The molecule has 0 amide bonds. The van der Waals surface area contributed by atoms with Crippen molar-refractivity contribution in [2.24, 2.45) is 0 Å². The van der Waals surface area contributed by atoms with Crippen molar-refractivity contribution >= 4 is 0 Å². The summed E-state index contributed by atoms with van der Waals surface area (Å²) in [5, 5.41) is 8.84. The molecule has 0 bridgehead atoms. The highest BCUT2D eigenvalue weighted by atomic mass is 16.3. The third kappa shape index (κ3) is 2.88. The maximum Gasteiger partial charge on any atom is 0.112 e. The predicted octanol–water partition coefficient (Wildman–Crippen LogP) is 1.42. The first-order chi connectivity index (χ1) is 5.29. The van der Waals surface area contributed by atoms with Gasteiger partial charge in [0.2, 0.25) is 0 Å². The first-order valence-corrected chi connectivity index (χ1v) is 3.53. The summed E-state index contributed by atoms with van der Waals surface area (Å²) in [6.07, 6.45) is -0.546. The van der Waals surface area contributed by atoms with Crippen LogP contribution in [0.1, 0.15) is 12.5 Å². The molecule has 1 rings (SSSR count). The van der Waals surface area contributed by atoms with Gasteiger partial charge in [0, 0.05) is 5.56 Å². The average Bonchev–Trinajstić information content (AvgIpc) is 2.03. The second-order valence-electron chi connectivity index (χ2n) is 2.31. The zero-order chi connectivity index (χ0) is 8.10. The Balaban J connectivity index is 2.75. The topological polar surface area (TPSA) is 20.2 Å². The standard InChI is InChI=1S/C10H10O/c1-9(11)7-8-10-5-3-2-4-6-10/h2-6,9,11H,1H3/t9-/m1/s1. The van der Waals surface area contributed by atoms with E-state index in [-0.39, 0.29) is 0 Å². The lowest BCUT2D eigenvalue weighted by molar-refractivity contribution is 0.253. The van der Waals surface area contributed by atoms with Crippen LogP contribution in [0.2, 0.25) is 0 Å². The lowest BCUT2D eigenvalue weighted by atomic mass is 10.2. The highest BCUT2D eigenvalue weighted by Crippen LogP contribution is 1.94. The monoisotopic (exact) mass is 146 g/mol. The molecule has 0 fully saturated rings. The van der Waals surface area contributed by atoms with Gasteiger partial charge in [-0.3, -0.25) is 0 Å². The van der Waals surface area contributed by atoms with E-state index in [1.54, 1.807) is 6.92 Å². The fourth-order valence-electron chi connectivity index (χ4n) is 0.709. The van der Waals surface area contributed by atoms with Gasteiger partial charge in [0.15, 0.2) is 0 Å². The van der Waals surface area contributed by atoms with Crippen molar-refractivity contribution in [1.29, 1.82) is 0 Å². The van der Waals surface area contributed by atoms with Crippen molar-refractivity contribution in [2.75, 3.05) is 0 Å². The van der Waals surface area contributed by atoms with Gasteiger partial charge >= 0.3 is 0 Å². The second kappa shape index (κ2) is 3.80. The van der Waals surface area contributed by atoms with Gasteiger partial charge in [-0.05, 0) is 19.1 Å². The van der Waals surface area contributed by atoms with Crippen LogP contribution in [-0.2, 0) is 0 Å². The summed E-state index contributed by atoms with van der Waals surface area (Å²) in [6.45, 7) is 1.65. The molecule has 0 aliphatic rings. The van der Waals surface area contributed by atoms with Gasteiger partial charge in [-0.2, -0.15) is 0 Å². The molecule has 0 saturated heterocycles. The van der Waals surface area contributed by atoms with Crippen LogP contribution in [-0.4, -0.2) is 11.2 Å². The van der Waals surface area contributed by atoms with E-state index >= 15 is 0 Å². The Labute approximate surface area is 66.7 Å². The maximum absolute atomic E-state index is 8.84. The lowest BCUT2D eigenvalue weighted by Gasteiger charge is -1.88. The molecule has 1 atom stereocenters. The Hall–Kier alpha value is -1.26. The number of rotatable bonds is 0. The van der Waals surface area contributed by atoms with Crippen LogP contribution in [0.15, 0.2) is 30.3 Å². The molecule has 1 N–H and O–H groups in total. The summed E-state index contributed by atoms with van der Waals surface area (Å²) in [4.78, 5) is 0. The number of benzene rings is 1. The first-order valence-electron chi connectivity index (χ1n) is 3.53. The summed E-state index contributed by atoms with van der Waals surface area (Å²) in [6, 6.07) is 9.61. The molecule has 0 saturated carbocycles. The highest BCUT2D eigenvalue weighted by Gasteiger charge is 1.84. The van der Waals surface area contributed by atoms with E-state index in [1.807, 2.05) is 30.3 Å². The van der Waals surface area contributed by atoms with Crippen LogP contribution < -0.4 is 0 Å². The van der Waals surface area contributed by atoms with Gasteiger partial charge in [0.1, 0.15) is 6.10 Å². The molecule has 11 heavy (non-hydrogen) atoms. The molecule has 1 aromatic carbocycles. The van der Waals surface area contributed by atoms with Crippen molar-refractivity contribution in [3.63, 3.8) is 0 Å². The Morgan fingerprint density at radius 2 is 1.91 bits per heavy atom. The van der Waals surface area contributed by atoms with E-state index in [2.05, 4.69) is 11.8 Å². The van der Waals surface area contributed by atoms with Crippen molar-refractivity contribution < 1.29 is 5.11 Å². The number of aliphatic hydroxyl groups excluding tert-OH is 1. The molecule has 0 unspecified atom stereocenters. The van der Waals surface area contributed by atoms with E-state index in [1.165, 1.54) is 0 Å². The van der Waals surface area contributed by atoms with Gasteiger partial charge in [-0.15, -0.1) is 0 Å². The number of aliphatic hydroxyl groups is 1. The van der Waals surface area contributed by atoms with E-state index in [9.17, 15) is 0 Å². The third-order valence-corrected chi connectivity index (χ3v) is 1.20. The molecule has 0 aliphatic heterocycles. The number of hydrogen-bond acceptors (Lipinski definition) is 1. The molecule has 0 aromatic heterocycles. The third-order valence-electron chi connectivity index (χ3n) is 1.20. The fraction of sp³-hybridized carbons (Fsp3) is 0.200. The first kappa shape index (κ1) is 7.84. The molecular weight excluding hydrogens is 136 g/mol. The molecule has 0 heterocycles. The predicted molar refractivity (Wildman–Crippen MR) is 45.0 cm³/mol. The van der Waals surface area contributed by atoms with Gasteiger partial charge in [0.05, 0.1) is 0 Å². The van der Waals surface area contributed by atoms with Crippen LogP contribution in [0.5, 0.6) is 0 Å². The van der Waals surface area contributed by atoms with E-state index < -0.39 is 6.10 Å². The van der Waals surface area contributed by atoms with Gasteiger partial charge < -0.3 is 5.11 Å². The Kier molecular flexibility index (Phi) is 2.71. The molecule has 0 spiro atoms. The van der Waals surface area contributed by atoms with Gasteiger partial charge in [-0.1, -0.05) is 30.0 Å². The molecule has 1 aromatic rings. The molecule has 1 nitrogen and oxygen atoms in total. The number of hydrogen-bond donors (Lipinski definition) is 1. The normalized spacial score (nSPS) is 11.5. The van der Waals surface area contributed by atoms with E-state index in [4.69, 9.17) is 5.11 Å². The van der Waals surface area contributed by atoms with Crippen molar-refractivity contribution in [1.82, 2.24) is 0 Å². The zero-order valence-corrected chi connectivity index (χ0v) is 6.41. The van der Waals surface area contributed by atoms with Gasteiger partial charge in [-0.25, -0.2) is 0 Å². The van der Waals surface area contributed by atoms with E-state index in [0.717, 1.165) is 5.56 Å². The minimum absolute atomic E-state index is 0.546. The second-order valence-corrected chi connectivity index (χ2v) is 2.31. The largest absolute Gasteiger partial charge is 0.381 e. The lowest BCUT2D eigenvalue weighted by Crippen LogP contribution is -1.92. The molecule has 56 valence electrons. The summed E-state index contributed by atoms with van der Waals surface area (Å²) in [7, 11) is 0. The Bertz CT molecular complexity index is 264. The van der Waals surface area contributed by atoms with E-state index in [0.29, 0.717) is 0 Å². The zero-order valence-electron chi connectivity index (χ0n) is 6.41. The average molecular weight is 146 g/mol. The molecular formula is C10H10O. The minimum Gasteiger partial charge on any atom is -0.381 e. The molecule has 1 heteroatoms. The Morgan fingerprint density at radius 3 is 2.45 bits per heavy atom. The highest BCUT2D eigenvalue weighted by molar-refractivity contribution is 5.34. The maximum atomic E-state index is 8.84. The quantitative estimate of drug-likeness (QED) is 0.549. The van der Waals surface area contributed by atoms with Gasteiger partial charge in [0.25, 0.3) is 0 Å². The van der Waals surface area contributed by atoms with Crippen LogP contribution in [0, 0.1) is 11.8 Å². The van der Waals surface area contributed by atoms with Crippen LogP contribution >= 0.6 is 0 Å². The van der Waals surface area contributed by atoms with Crippen LogP contribution in [0.4, 0.5) is 0 Å². The molecule has 0 aliphatic carbocycles. The summed E-state index contributed by atoms with van der Waals surface area (Å²) < 4.78 is 0. The SMILES string of the molecule is C[C@@H](O)C#Cc1ccccc1. The molecule has 0 radical (unpaired) electrons.